The lowest BCUT2D eigenvalue weighted by Gasteiger charge is -1.80. The first-order chi connectivity index (χ1) is 3.72. The fourth-order valence-electron chi connectivity index (χ4n) is 0.127. The summed E-state index contributed by atoms with van der Waals surface area (Å²) in [5, 5.41) is 10.1. The topological polar surface area (TPSA) is 80.0 Å². The molecule has 3 N–H and O–H groups in total. The highest BCUT2D eigenvalue weighted by Crippen LogP contribution is 1.73. The smallest absolute Gasteiger partial charge is 0.373 e. The van der Waals surface area contributed by atoms with Gasteiger partial charge in [-0.05, 0) is 0 Å². The van der Waals surface area contributed by atoms with Crippen LogP contribution in [0, 0.1) is 6.57 Å². The second-order valence-corrected chi connectivity index (χ2v) is 0.900. The van der Waals surface area contributed by atoms with E-state index in [0.717, 1.165) is 0 Å². The molecular formula is C3H3N3O2. The summed E-state index contributed by atoms with van der Waals surface area (Å²) < 4.78 is 0. The molecular weight excluding hydrogens is 110 g/mol. The minimum Gasteiger partial charge on any atom is -0.373 e. The molecule has 0 saturated heterocycles. The lowest BCUT2D eigenvalue weighted by Crippen LogP contribution is -2.19. The number of amides is 1. The highest BCUT2D eigenvalue weighted by Gasteiger charge is 2.04. The molecule has 0 saturated carbocycles. The van der Waals surface area contributed by atoms with Gasteiger partial charge in [0, 0.05) is 0 Å². The lowest BCUT2D eigenvalue weighted by atomic mass is 10.6. The van der Waals surface area contributed by atoms with Gasteiger partial charge < -0.3 is 15.8 Å². The Labute approximate surface area is 45.2 Å². The third-order valence-electron chi connectivity index (χ3n) is 0.421. The van der Waals surface area contributed by atoms with Crippen LogP contribution in [0.1, 0.15) is 0 Å². The van der Waals surface area contributed by atoms with E-state index in [2.05, 4.69) is 15.7 Å². The Kier molecular flexibility index (Phi) is 2.07. The minimum absolute atomic E-state index is 0.704. The second kappa shape index (κ2) is 2.58. The van der Waals surface area contributed by atoms with Crippen molar-refractivity contribution in [3.63, 3.8) is 0 Å². The van der Waals surface area contributed by atoms with E-state index in [1.807, 2.05) is 0 Å². The van der Waals surface area contributed by atoms with E-state index >= 15 is 0 Å². The summed E-state index contributed by atoms with van der Waals surface area (Å²) in [6, 6.07) is 0. The molecule has 0 aliphatic carbocycles. The van der Waals surface area contributed by atoms with Gasteiger partial charge in [-0.25, -0.2) is 0 Å². The Bertz CT molecular complexity index is 166. The molecule has 0 aliphatic rings. The summed E-state index contributed by atoms with van der Waals surface area (Å²) >= 11 is 0. The predicted octanol–water partition coefficient (Wildman–Crippen LogP) is -0.821. The number of carbonyl (C=O) groups excluding carboxylic acids is 1. The van der Waals surface area contributed by atoms with Crippen LogP contribution < -0.4 is 5.73 Å². The van der Waals surface area contributed by atoms with Gasteiger partial charge in [0.15, 0.2) is 0 Å². The number of hydrogen-bond donors (Lipinski definition) is 2. The highest BCUT2D eigenvalue weighted by molar-refractivity contribution is 6.41. The van der Waals surface area contributed by atoms with Crippen molar-refractivity contribution in [2.75, 3.05) is 0 Å². The van der Waals surface area contributed by atoms with E-state index in [0.29, 0.717) is 0 Å². The molecule has 0 rings (SSSR count). The van der Waals surface area contributed by atoms with Crippen LogP contribution in [0.5, 0.6) is 0 Å². The van der Waals surface area contributed by atoms with Crippen LogP contribution in [0.15, 0.2) is 5.16 Å². The van der Waals surface area contributed by atoms with Crippen LogP contribution in [-0.4, -0.2) is 17.0 Å². The van der Waals surface area contributed by atoms with Gasteiger partial charge >= 0.3 is 5.84 Å². The molecule has 0 unspecified atom stereocenters. The number of nitrogens with two attached hydrogens (primary N) is 1. The molecule has 1 amide bonds. The zero-order valence-corrected chi connectivity index (χ0v) is 3.83. The van der Waals surface area contributed by atoms with Gasteiger partial charge in [0.25, 0.3) is 5.91 Å². The first-order valence-corrected chi connectivity index (χ1v) is 1.61. The van der Waals surface area contributed by atoms with E-state index < -0.39 is 11.7 Å². The molecule has 0 radical (unpaired) electrons. The van der Waals surface area contributed by atoms with Crippen molar-refractivity contribution >= 4 is 11.7 Å². The number of nitrogens with zero attached hydrogens (tertiary/aromatic N) is 2. The van der Waals surface area contributed by atoms with Crippen LogP contribution in [-0.2, 0) is 4.79 Å². The molecule has 0 bridgehead atoms. The standard InChI is InChI=1S/C3H3N3O2/c1-5-3(6-8)2(4)7/h8H,(H2,4,7)/b6-3+. The van der Waals surface area contributed by atoms with Crippen LogP contribution in [0.25, 0.3) is 4.85 Å². The van der Waals surface area contributed by atoms with Gasteiger partial charge in [-0.15, -0.1) is 0 Å². The van der Waals surface area contributed by atoms with Crippen molar-refractivity contribution in [3.05, 3.63) is 11.4 Å². The SMILES string of the molecule is [C-]#[N+]/C(=N/O)C(N)=O. The molecule has 0 heterocycles. The number of rotatable bonds is 0. The van der Waals surface area contributed by atoms with E-state index in [-0.39, 0.29) is 0 Å². The van der Waals surface area contributed by atoms with E-state index in [4.69, 9.17) is 11.8 Å². The molecule has 5 nitrogen and oxygen atoms in total. The first-order valence-electron chi connectivity index (χ1n) is 1.61. The zero-order valence-electron chi connectivity index (χ0n) is 3.83. The maximum Gasteiger partial charge on any atom is 0.378 e. The normalized spacial score (nSPS) is 10.1. The van der Waals surface area contributed by atoms with Crippen LogP contribution in [0.2, 0.25) is 0 Å². The molecule has 0 aromatic carbocycles. The van der Waals surface area contributed by atoms with Crippen molar-refractivity contribution in [1.29, 1.82) is 0 Å². The van der Waals surface area contributed by atoms with Crippen molar-refractivity contribution in [1.82, 2.24) is 0 Å². The fraction of sp³-hybridized carbons (Fsp3) is 0. The molecule has 5 heteroatoms. The summed E-state index contributed by atoms with van der Waals surface area (Å²) in [5.41, 5.74) is 4.51. The zero-order chi connectivity index (χ0) is 6.57. The van der Waals surface area contributed by atoms with E-state index in [9.17, 15) is 4.79 Å². The van der Waals surface area contributed by atoms with Crippen LogP contribution in [0.3, 0.4) is 0 Å². The Morgan fingerprint density at radius 1 is 1.88 bits per heavy atom. The number of carbonyl (C=O) groups is 1. The van der Waals surface area contributed by atoms with Gasteiger partial charge in [0.05, 0.1) is 5.16 Å². The van der Waals surface area contributed by atoms with Crippen molar-refractivity contribution < 1.29 is 10.0 Å². The Morgan fingerprint density at radius 2 is 2.38 bits per heavy atom. The van der Waals surface area contributed by atoms with Crippen molar-refractivity contribution in [3.8, 4) is 0 Å². The number of hydrogen-bond acceptors (Lipinski definition) is 3. The van der Waals surface area contributed by atoms with Gasteiger partial charge in [-0.1, -0.05) is 6.57 Å². The summed E-state index contributed by atoms with van der Waals surface area (Å²) in [6.45, 7) is 6.12. The Balaban J connectivity index is 4.20. The van der Waals surface area contributed by atoms with Gasteiger partial charge in [-0.3, -0.25) is 4.79 Å². The van der Waals surface area contributed by atoms with Gasteiger partial charge in [0.1, 0.15) is 0 Å². The monoisotopic (exact) mass is 113 g/mol. The summed E-state index contributed by atoms with van der Waals surface area (Å²) in [5.74, 6) is -1.73. The van der Waals surface area contributed by atoms with Crippen LogP contribution in [0.4, 0.5) is 0 Å². The van der Waals surface area contributed by atoms with Gasteiger partial charge in [-0.2, -0.15) is 0 Å². The number of primary amides is 1. The minimum atomic E-state index is -1.03. The maximum atomic E-state index is 9.88. The number of amidine groups is 1. The molecule has 0 aromatic rings. The van der Waals surface area contributed by atoms with E-state index in [1.165, 1.54) is 0 Å². The Morgan fingerprint density at radius 3 is 2.38 bits per heavy atom. The lowest BCUT2D eigenvalue weighted by molar-refractivity contribution is -0.112. The van der Waals surface area contributed by atoms with Gasteiger partial charge in [0.2, 0.25) is 0 Å². The largest absolute Gasteiger partial charge is 0.378 e. The summed E-state index contributed by atoms with van der Waals surface area (Å²) in [4.78, 5) is 12.4. The molecule has 0 fully saturated rings. The average molecular weight is 113 g/mol. The molecule has 0 spiro atoms. The first kappa shape index (κ1) is 6.43. The quantitative estimate of drug-likeness (QED) is 0.141. The fourth-order valence-corrected chi connectivity index (χ4v) is 0.127. The van der Waals surface area contributed by atoms with E-state index in [1.54, 1.807) is 0 Å². The molecule has 0 atom stereocenters. The average Bonchev–Trinajstić information content (AvgIpc) is 1.69. The predicted molar refractivity (Wildman–Crippen MR) is 25.0 cm³/mol. The highest BCUT2D eigenvalue weighted by atomic mass is 16.4. The molecule has 0 aromatic heterocycles. The molecule has 42 valence electrons. The van der Waals surface area contributed by atoms with Crippen molar-refractivity contribution in [2.45, 2.75) is 0 Å². The Hall–Kier alpha value is -1.57. The summed E-state index contributed by atoms with van der Waals surface area (Å²) in [6.07, 6.45) is 0. The molecule has 0 aliphatic heterocycles. The number of oxime groups is 1. The maximum absolute atomic E-state index is 9.88. The third-order valence-corrected chi connectivity index (χ3v) is 0.421. The summed E-state index contributed by atoms with van der Waals surface area (Å²) in [7, 11) is 0. The third kappa shape index (κ3) is 1.26. The van der Waals surface area contributed by atoms with Crippen LogP contribution >= 0.6 is 0 Å². The molecule has 8 heavy (non-hydrogen) atoms. The van der Waals surface area contributed by atoms with Crippen molar-refractivity contribution in [2.24, 2.45) is 10.9 Å². The second-order valence-electron chi connectivity index (χ2n) is 0.900.